The SMILES string of the molecule is CC(C)(C)OC(=O)NC(NCC1CCC(CNS(=O)(=O)c2ccc(Br)cc2OC(F)(F)F)CC1)NC(=O)OC(C)(C)C. The molecule has 0 aromatic heterocycles. The average molecular weight is 690 g/mol. The Hall–Kier alpha value is -2.30. The van der Waals surface area contributed by atoms with Crippen LogP contribution < -0.4 is 25.4 Å². The van der Waals surface area contributed by atoms with Crippen LogP contribution in [-0.2, 0) is 19.5 Å². The first-order valence-electron chi connectivity index (χ1n) is 13.4. The number of alkyl carbamates (subject to hydrolysis) is 2. The lowest BCUT2D eigenvalue weighted by molar-refractivity contribution is -0.275. The Kier molecular flexibility index (Phi) is 12.3. The highest BCUT2D eigenvalue weighted by atomic mass is 79.9. The Morgan fingerprint density at radius 2 is 1.38 bits per heavy atom. The second kappa shape index (κ2) is 14.4. The molecule has 16 heteroatoms. The lowest BCUT2D eigenvalue weighted by Crippen LogP contribution is -2.58. The molecule has 4 N–H and O–H groups in total. The number of halogens is 4. The number of hydrogen-bond acceptors (Lipinski definition) is 8. The van der Waals surface area contributed by atoms with Crippen molar-refractivity contribution in [2.24, 2.45) is 11.8 Å². The molecule has 1 fully saturated rings. The van der Waals surface area contributed by atoms with Crippen LogP contribution in [-0.4, -0.2) is 57.5 Å². The molecule has 42 heavy (non-hydrogen) atoms. The van der Waals surface area contributed by atoms with E-state index in [-0.39, 0.29) is 22.9 Å². The van der Waals surface area contributed by atoms with Crippen LogP contribution in [0.15, 0.2) is 27.6 Å². The van der Waals surface area contributed by atoms with Crippen molar-refractivity contribution in [1.82, 2.24) is 20.7 Å². The Balaban J connectivity index is 1.92. The molecule has 0 heterocycles. The first kappa shape index (κ1) is 35.9. The van der Waals surface area contributed by atoms with Crippen LogP contribution in [0.3, 0.4) is 0 Å². The number of alkyl halides is 3. The van der Waals surface area contributed by atoms with Gasteiger partial charge in [-0.15, -0.1) is 13.2 Å². The van der Waals surface area contributed by atoms with Gasteiger partial charge in [0.1, 0.15) is 16.1 Å². The van der Waals surface area contributed by atoms with Gasteiger partial charge in [-0.3, -0.25) is 16.0 Å². The third-order valence-corrected chi connectivity index (χ3v) is 7.84. The summed E-state index contributed by atoms with van der Waals surface area (Å²) in [6.45, 7) is 10.7. The molecule has 0 aliphatic heterocycles. The molecule has 0 spiro atoms. The van der Waals surface area contributed by atoms with E-state index in [1.807, 2.05) is 0 Å². The van der Waals surface area contributed by atoms with Crippen molar-refractivity contribution in [2.75, 3.05) is 13.1 Å². The molecule has 0 atom stereocenters. The van der Waals surface area contributed by atoms with Gasteiger partial charge in [0.15, 0.2) is 12.0 Å². The number of nitrogens with one attached hydrogen (secondary N) is 4. The highest BCUT2D eigenvalue weighted by molar-refractivity contribution is 9.10. The Morgan fingerprint density at radius 1 is 0.905 bits per heavy atom. The van der Waals surface area contributed by atoms with E-state index in [1.54, 1.807) is 41.5 Å². The number of rotatable bonds is 10. The van der Waals surface area contributed by atoms with Crippen molar-refractivity contribution in [3.63, 3.8) is 0 Å². The number of amides is 2. The van der Waals surface area contributed by atoms with Gasteiger partial charge in [-0.05, 0) is 97.3 Å². The fourth-order valence-corrected chi connectivity index (χ4v) is 5.69. The van der Waals surface area contributed by atoms with Gasteiger partial charge < -0.3 is 14.2 Å². The minimum Gasteiger partial charge on any atom is -0.444 e. The summed E-state index contributed by atoms with van der Waals surface area (Å²) in [6, 6.07) is 3.31. The summed E-state index contributed by atoms with van der Waals surface area (Å²) in [5, 5.41) is 8.24. The quantitative estimate of drug-likeness (QED) is 0.241. The van der Waals surface area contributed by atoms with Crippen LogP contribution in [0.5, 0.6) is 5.75 Å². The Morgan fingerprint density at radius 3 is 1.83 bits per heavy atom. The van der Waals surface area contributed by atoms with Gasteiger partial charge in [0, 0.05) is 17.6 Å². The molecule has 240 valence electrons. The summed E-state index contributed by atoms with van der Waals surface area (Å²) in [4.78, 5) is 24.0. The number of ether oxygens (including phenoxy) is 3. The topological polar surface area (TPSA) is 144 Å². The standard InChI is InChI=1S/C26H40BrF3N4O7S/c1-24(2,3)40-22(35)33-21(34-23(36)41-25(4,5)6)31-14-16-7-9-17(10-8-16)15-32-42(37,38)20-12-11-18(27)13-19(20)39-26(28,29)30/h11-13,16-17,21,31-32H,7-10,14-15H2,1-6H3,(H,33,35)(H,34,36). The number of carbonyl (C=O) groups excluding carboxylic acids is 2. The summed E-state index contributed by atoms with van der Waals surface area (Å²) in [5.41, 5.74) is -1.49. The number of sulfonamides is 1. The Bertz CT molecular complexity index is 1150. The number of benzene rings is 1. The normalized spacial score (nSPS) is 18.4. The molecular formula is C26H40BrF3N4O7S. The lowest BCUT2D eigenvalue weighted by Gasteiger charge is -2.31. The molecule has 0 saturated heterocycles. The van der Waals surface area contributed by atoms with Crippen LogP contribution in [0.2, 0.25) is 0 Å². The van der Waals surface area contributed by atoms with Gasteiger partial charge in [0.25, 0.3) is 0 Å². The molecule has 1 aliphatic carbocycles. The fraction of sp³-hybridized carbons (Fsp3) is 0.692. The van der Waals surface area contributed by atoms with E-state index in [1.165, 1.54) is 6.07 Å². The zero-order valence-electron chi connectivity index (χ0n) is 24.5. The monoisotopic (exact) mass is 688 g/mol. The van der Waals surface area contributed by atoms with E-state index >= 15 is 0 Å². The summed E-state index contributed by atoms with van der Waals surface area (Å²) in [7, 11) is -4.28. The second-order valence-electron chi connectivity index (χ2n) is 12.0. The van der Waals surface area contributed by atoms with Crippen molar-refractivity contribution >= 4 is 38.1 Å². The molecule has 11 nitrogen and oxygen atoms in total. The van der Waals surface area contributed by atoms with Crippen molar-refractivity contribution in [3.05, 3.63) is 22.7 Å². The van der Waals surface area contributed by atoms with Crippen molar-refractivity contribution in [1.29, 1.82) is 0 Å². The van der Waals surface area contributed by atoms with Crippen LogP contribution in [0, 0.1) is 11.8 Å². The first-order chi connectivity index (χ1) is 19.1. The maximum atomic E-state index is 12.8. The van der Waals surface area contributed by atoms with E-state index < -0.39 is 56.7 Å². The van der Waals surface area contributed by atoms with Crippen molar-refractivity contribution in [3.8, 4) is 5.75 Å². The molecule has 1 aromatic carbocycles. The third-order valence-electron chi connectivity index (χ3n) is 5.88. The van der Waals surface area contributed by atoms with E-state index in [4.69, 9.17) is 9.47 Å². The van der Waals surface area contributed by atoms with Gasteiger partial charge in [-0.1, -0.05) is 15.9 Å². The predicted octanol–water partition coefficient (Wildman–Crippen LogP) is 5.36. The van der Waals surface area contributed by atoms with Crippen LogP contribution >= 0.6 is 15.9 Å². The summed E-state index contributed by atoms with van der Waals surface area (Å²) in [6.07, 6.45) is -4.75. The zero-order valence-corrected chi connectivity index (χ0v) is 26.9. The summed E-state index contributed by atoms with van der Waals surface area (Å²) < 4.78 is 81.2. The molecule has 0 bridgehead atoms. The molecule has 1 aliphatic rings. The molecule has 1 saturated carbocycles. The third kappa shape index (κ3) is 13.8. The van der Waals surface area contributed by atoms with Gasteiger partial charge in [-0.25, -0.2) is 22.7 Å². The van der Waals surface area contributed by atoms with E-state index in [2.05, 4.69) is 41.3 Å². The molecule has 2 rings (SSSR count). The predicted molar refractivity (Wildman–Crippen MR) is 152 cm³/mol. The molecule has 2 amide bonds. The van der Waals surface area contributed by atoms with Gasteiger partial charge >= 0.3 is 18.5 Å². The molecule has 0 unspecified atom stereocenters. The minimum absolute atomic E-state index is 0.0333. The molecular weight excluding hydrogens is 649 g/mol. The van der Waals surface area contributed by atoms with Crippen molar-refractivity contribution in [2.45, 2.75) is 96.0 Å². The largest absolute Gasteiger partial charge is 0.573 e. The van der Waals surface area contributed by atoms with Crippen LogP contribution in [0.25, 0.3) is 0 Å². The fourth-order valence-electron chi connectivity index (χ4n) is 4.13. The second-order valence-corrected chi connectivity index (χ2v) is 14.7. The summed E-state index contributed by atoms with van der Waals surface area (Å²) >= 11 is 3.02. The average Bonchev–Trinajstić information content (AvgIpc) is 2.78. The van der Waals surface area contributed by atoms with Gasteiger partial charge in [-0.2, -0.15) is 0 Å². The maximum absolute atomic E-state index is 12.8. The Labute approximate surface area is 253 Å². The van der Waals surface area contributed by atoms with Gasteiger partial charge in [0.05, 0.1) is 0 Å². The molecule has 1 aromatic rings. The summed E-state index contributed by atoms with van der Waals surface area (Å²) in [5.74, 6) is -0.706. The van der Waals surface area contributed by atoms with Crippen LogP contribution in [0.4, 0.5) is 22.8 Å². The highest BCUT2D eigenvalue weighted by Gasteiger charge is 2.34. The zero-order chi connectivity index (χ0) is 31.9. The molecule has 0 radical (unpaired) electrons. The van der Waals surface area contributed by atoms with Crippen molar-refractivity contribution < 1.29 is 45.4 Å². The minimum atomic E-state index is -5.05. The van der Waals surface area contributed by atoms with Crippen LogP contribution in [0.1, 0.15) is 67.2 Å². The number of hydrogen-bond donors (Lipinski definition) is 4. The number of carbonyl (C=O) groups is 2. The van der Waals surface area contributed by atoms with Gasteiger partial charge in [0.2, 0.25) is 10.0 Å². The lowest BCUT2D eigenvalue weighted by atomic mass is 9.82. The smallest absolute Gasteiger partial charge is 0.444 e. The highest BCUT2D eigenvalue weighted by Crippen LogP contribution is 2.33. The first-order valence-corrected chi connectivity index (χ1v) is 15.7. The van der Waals surface area contributed by atoms with E-state index in [9.17, 15) is 31.2 Å². The maximum Gasteiger partial charge on any atom is 0.573 e. The van der Waals surface area contributed by atoms with E-state index in [0.717, 1.165) is 12.1 Å². The van der Waals surface area contributed by atoms with E-state index in [0.29, 0.717) is 32.2 Å².